The van der Waals surface area contributed by atoms with E-state index in [1.165, 1.54) is 11.3 Å². The Morgan fingerprint density at radius 1 is 1.41 bits per heavy atom. The minimum absolute atomic E-state index is 0.0962. The van der Waals surface area contributed by atoms with Crippen LogP contribution in [-0.2, 0) is 11.2 Å². The number of nitrogens with two attached hydrogens (primary N) is 1. The normalized spacial score (nSPS) is 24.3. The molecule has 2 atom stereocenters. The van der Waals surface area contributed by atoms with Crippen LogP contribution < -0.4 is 21.5 Å². The SMILES string of the molecule is NNC(=O)CN1c2[nH]c3c(c2NC2C=CC=CC21)C=CCC3. The first kappa shape index (κ1) is 13.2. The molecule has 4 rings (SSSR count). The van der Waals surface area contributed by atoms with Gasteiger partial charge in [-0.05, 0) is 12.8 Å². The van der Waals surface area contributed by atoms with Gasteiger partial charge >= 0.3 is 0 Å². The van der Waals surface area contributed by atoms with Gasteiger partial charge in [0.15, 0.2) is 0 Å². The Kier molecular flexibility index (Phi) is 3.04. The highest BCUT2D eigenvalue weighted by molar-refractivity contribution is 5.88. The number of aromatic nitrogens is 1. The number of aryl methyl sites for hydroxylation is 1. The number of rotatable bonds is 2. The van der Waals surface area contributed by atoms with E-state index in [1.807, 2.05) is 12.2 Å². The van der Waals surface area contributed by atoms with Crippen molar-refractivity contribution in [1.29, 1.82) is 0 Å². The number of carbonyl (C=O) groups is 1. The third-order valence-electron chi connectivity index (χ3n) is 4.48. The molecule has 2 unspecified atom stereocenters. The molecular formula is C16H19N5O. The molecule has 5 N–H and O–H groups in total. The maximum atomic E-state index is 11.8. The van der Waals surface area contributed by atoms with Crippen LogP contribution in [0.1, 0.15) is 17.7 Å². The monoisotopic (exact) mass is 297 g/mol. The second-order valence-electron chi connectivity index (χ2n) is 5.81. The fourth-order valence-electron chi connectivity index (χ4n) is 3.45. The van der Waals surface area contributed by atoms with Crippen LogP contribution in [0.4, 0.5) is 11.5 Å². The van der Waals surface area contributed by atoms with Crippen LogP contribution in [0.25, 0.3) is 6.08 Å². The Bertz CT molecular complexity index is 700. The van der Waals surface area contributed by atoms with Gasteiger partial charge in [0.1, 0.15) is 12.4 Å². The second kappa shape index (κ2) is 5.06. The van der Waals surface area contributed by atoms with E-state index < -0.39 is 0 Å². The molecule has 2 heterocycles. The first-order valence-corrected chi connectivity index (χ1v) is 7.57. The number of aromatic amines is 1. The van der Waals surface area contributed by atoms with Gasteiger partial charge in [-0.1, -0.05) is 36.5 Å². The number of allylic oxidation sites excluding steroid dienone is 3. The lowest BCUT2D eigenvalue weighted by Gasteiger charge is -2.41. The van der Waals surface area contributed by atoms with E-state index in [1.54, 1.807) is 0 Å². The fourth-order valence-corrected chi connectivity index (χ4v) is 3.45. The second-order valence-corrected chi connectivity index (χ2v) is 5.81. The number of nitrogens with one attached hydrogen (secondary N) is 3. The van der Waals surface area contributed by atoms with Gasteiger partial charge in [0, 0.05) is 11.3 Å². The molecule has 22 heavy (non-hydrogen) atoms. The largest absolute Gasteiger partial charge is 0.373 e. The lowest BCUT2D eigenvalue weighted by Crippen LogP contribution is -2.53. The Balaban J connectivity index is 1.80. The minimum Gasteiger partial charge on any atom is -0.373 e. The molecule has 0 fully saturated rings. The summed E-state index contributed by atoms with van der Waals surface area (Å²) < 4.78 is 0. The highest BCUT2D eigenvalue weighted by Crippen LogP contribution is 2.41. The topological polar surface area (TPSA) is 86.2 Å². The fraction of sp³-hybridized carbons (Fsp3) is 0.312. The number of amides is 1. The highest BCUT2D eigenvalue weighted by Gasteiger charge is 2.36. The summed E-state index contributed by atoms with van der Waals surface area (Å²) in [6.45, 7) is 0.230. The van der Waals surface area contributed by atoms with Crippen LogP contribution in [0.15, 0.2) is 30.4 Å². The highest BCUT2D eigenvalue weighted by atomic mass is 16.2. The number of carbonyl (C=O) groups excluding carboxylic acids is 1. The molecule has 1 amide bonds. The number of fused-ring (bicyclic) bond motifs is 4. The van der Waals surface area contributed by atoms with Gasteiger partial charge in [-0.15, -0.1) is 0 Å². The summed E-state index contributed by atoms with van der Waals surface area (Å²) in [5.41, 5.74) is 5.75. The zero-order chi connectivity index (χ0) is 15.1. The zero-order valence-corrected chi connectivity index (χ0v) is 12.2. The molecule has 1 aromatic rings. The van der Waals surface area contributed by atoms with Gasteiger partial charge in [-0.3, -0.25) is 10.2 Å². The van der Waals surface area contributed by atoms with Crippen LogP contribution >= 0.6 is 0 Å². The summed E-state index contributed by atoms with van der Waals surface area (Å²) in [5.74, 6) is 6.06. The maximum Gasteiger partial charge on any atom is 0.253 e. The molecule has 114 valence electrons. The average Bonchev–Trinajstić information content (AvgIpc) is 2.93. The number of nitrogens with zero attached hydrogens (tertiary/aromatic N) is 1. The van der Waals surface area contributed by atoms with E-state index in [4.69, 9.17) is 5.84 Å². The van der Waals surface area contributed by atoms with E-state index in [0.29, 0.717) is 0 Å². The number of hydrogen-bond donors (Lipinski definition) is 4. The van der Waals surface area contributed by atoms with Gasteiger partial charge in [-0.25, -0.2) is 5.84 Å². The minimum atomic E-state index is -0.197. The summed E-state index contributed by atoms with van der Waals surface area (Å²) in [5, 5.41) is 3.60. The van der Waals surface area contributed by atoms with Crippen molar-refractivity contribution in [1.82, 2.24) is 10.4 Å². The summed E-state index contributed by atoms with van der Waals surface area (Å²) >= 11 is 0. The number of hydrazine groups is 1. The van der Waals surface area contributed by atoms with E-state index in [0.717, 1.165) is 24.3 Å². The van der Waals surface area contributed by atoms with Crippen molar-refractivity contribution in [2.24, 2.45) is 5.84 Å². The molecule has 0 aromatic carbocycles. The number of anilines is 2. The van der Waals surface area contributed by atoms with Crippen LogP contribution in [0.3, 0.4) is 0 Å². The Hall–Kier alpha value is -2.47. The van der Waals surface area contributed by atoms with Gasteiger partial charge in [0.25, 0.3) is 5.91 Å². The first-order valence-electron chi connectivity index (χ1n) is 7.57. The lowest BCUT2D eigenvalue weighted by molar-refractivity contribution is -0.119. The van der Waals surface area contributed by atoms with Crippen LogP contribution in [0, 0.1) is 0 Å². The molecule has 1 aliphatic heterocycles. The predicted octanol–water partition coefficient (Wildman–Crippen LogP) is 1.06. The Morgan fingerprint density at radius 3 is 3.14 bits per heavy atom. The molecule has 6 heteroatoms. The number of H-pyrrole nitrogens is 1. The van der Waals surface area contributed by atoms with Crippen molar-refractivity contribution in [3.63, 3.8) is 0 Å². The molecular weight excluding hydrogens is 278 g/mol. The van der Waals surface area contributed by atoms with Gasteiger partial charge in [0.2, 0.25) is 0 Å². The molecule has 3 aliphatic rings. The van der Waals surface area contributed by atoms with E-state index >= 15 is 0 Å². The van der Waals surface area contributed by atoms with Gasteiger partial charge < -0.3 is 15.2 Å². The summed E-state index contributed by atoms with van der Waals surface area (Å²) in [6, 6.07) is 0.247. The Labute approximate surface area is 128 Å². The van der Waals surface area contributed by atoms with Crippen LogP contribution in [0.5, 0.6) is 0 Å². The predicted molar refractivity (Wildman–Crippen MR) is 87.3 cm³/mol. The van der Waals surface area contributed by atoms with Gasteiger partial charge in [-0.2, -0.15) is 0 Å². The maximum absolute atomic E-state index is 11.8. The first-order chi connectivity index (χ1) is 10.8. The van der Waals surface area contributed by atoms with Crippen molar-refractivity contribution in [3.05, 3.63) is 41.6 Å². The number of hydrogen-bond acceptors (Lipinski definition) is 4. The molecule has 6 nitrogen and oxygen atoms in total. The van der Waals surface area contributed by atoms with E-state index in [-0.39, 0.29) is 24.5 Å². The zero-order valence-electron chi connectivity index (χ0n) is 12.2. The quantitative estimate of drug-likeness (QED) is 0.373. The van der Waals surface area contributed by atoms with Crippen molar-refractivity contribution < 1.29 is 4.79 Å². The standard InChI is InChI=1S/C16H19N5O/c17-20-14(22)9-21-13-8-4-3-7-12(13)18-15-10-5-1-2-6-11(10)19-16(15)21/h1,3-5,7-8,12-13,18-19H,2,6,9,17H2,(H,20,22). The van der Waals surface area contributed by atoms with Crippen molar-refractivity contribution in [2.75, 3.05) is 16.8 Å². The molecule has 0 spiro atoms. The summed E-state index contributed by atoms with van der Waals surface area (Å²) in [7, 11) is 0. The third-order valence-corrected chi connectivity index (χ3v) is 4.48. The Morgan fingerprint density at radius 2 is 2.27 bits per heavy atom. The molecule has 0 bridgehead atoms. The summed E-state index contributed by atoms with van der Waals surface area (Å²) in [4.78, 5) is 17.4. The molecule has 0 saturated heterocycles. The summed E-state index contributed by atoms with van der Waals surface area (Å²) in [6.07, 6.45) is 14.7. The average molecular weight is 297 g/mol. The molecule has 0 saturated carbocycles. The van der Waals surface area contributed by atoms with Crippen LogP contribution in [-0.4, -0.2) is 29.5 Å². The van der Waals surface area contributed by atoms with Gasteiger partial charge in [0.05, 0.1) is 17.8 Å². The molecule has 2 aliphatic carbocycles. The third kappa shape index (κ3) is 1.95. The molecule has 1 aromatic heterocycles. The van der Waals surface area contributed by atoms with Crippen molar-refractivity contribution in [2.45, 2.75) is 24.9 Å². The van der Waals surface area contributed by atoms with E-state index in [2.05, 4.69) is 44.9 Å². The van der Waals surface area contributed by atoms with Crippen molar-refractivity contribution in [3.8, 4) is 0 Å². The van der Waals surface area contributed by atoms with E-state index in [9.17, 15) is 4.79 Å². The van der Waals surface area contributed by atoms with Crippen molar-refractivity contribution >= 4 is 23.5 Å². The smallest absolute Gasteiger partial charge is 0.253 e. The lowest BCUT2D eigenvalue weighted by atomic mass is 9.96. The molecule has 0 radical (unpaired) electrons. The van der Waals surface area contributed by atoms with Crippen LogP contribution in [0.2, 0.25) is 0 Å².